The molecule has 4 rings (SSSR count). The number of benzene rings is 2. The average Bonchev–Trinajstić information content (AvgIpc) is 3.49. The standard InChI is InChI=1S/C27H25BrFN3O6S/c1-3-37-27(35)22-17-8-6-10-21(17)39-26(22)31-24(33)25(34)32-30-13-15-11-18(28)23(20(12-15)36-2)38-14-16-7-4-5-9-19(16)29/h4-5,7,9,11-13H,3,6,8,10,14H2,1-2H3,(H,31,33)(H,32,34)/b30-13+. The SMILES string of the molecule is CCOC(=O)c1c(NC(=O)C(=O)N/N=C/c2cc(Br)c(OCc3ccccc3F)c(OC)c2)sc2c1CCC2. The van der Waals surface area contributed by atoms with Crippen molar-refractivity contribution in [3.05, 3.63) is 73.8 Å². The van der Waals surface area contributed by atoms with Crippen molar-refractivity contribution in [3.8, 4) is 11.5 Å². The lowest BCUT2D eigenvalue weighted by molar-refractivity contribution is -0.136. The Morgan fingerprint density at radius 3 is 2.72 bits per heavy atom. The Balaban J connectivity index is 1.40. The molecule has 2 amide bonds. The highest BCUT2D eigenvalue weighted by Gasteiger charge is 2.29. The van der Waals surface area contributed by atoms with E-state index in [0.717, 1.165) is 29.7 Å². The highest BCUT2D eigenvalue weighted by molar-refractivity contribution is 9.10. The van der Waals surface area contributed by atoms with Crippen LogP contribution in [0.25, 0.3) is 0 Å². The van der Waals surface area contributed by atoms with Gasteiger partial charge in [0.05, 0.1) is 30.0 Å². The Hall–Kier alpha value is -3.77. The normalized spacial score (nSPS) is 12.2. The predicted octanol–water partition coefficient (Wildman–Crippen LogP) is 4.99. The van der Waals surface area contributed by atoms with Gasteiger partial charge in [0, 0.05) is 10.4 Å². The molecular formula is C27H25BrFN3O6S. The Kier molecular flexibility index (Phi) is 9.31. The minimum absolute atomic E-state index is 0.00859. The van der Waals surface area contributed by atoms with Crippen molar-refractivity contribution in [2.24, 2.45) is 5.10 Å². The van der Waals surface area contributed by atoms with Gasteiger partial charge in [-0.05, 0) is 71.4 Å². The smallest absolute Gasteiger partial charge is 0.341 e. The Bertz CT molecular complexity index is 1440. The first kappa shape index (κ1) is 28.2. The minimum Gasteiger partial charge on any atom is -0.493 e. The van der Waals surface area contributed by atoms with E-state index in [0.29, 0.717) is 37.7 Å². The van der Waals surface area contributed by atoms with Crippen LogP contribution in [0.4, 0.5) is 9.39 Å². The van der Waals surface area contributed by atoms with Crippen LogP contribution < -0.4 is 20.2 Å². The zero-order valence-electron chi connectivity index (χ0n) is 21.1. The van der Waals surface area contributed by atoms with Gasteiger partial charge in [-0.1, -0.05) is 18.2 Å². The predicted molar refractivity (Wildman–Crippen MR) is 148 cm³/mol. The van der Waals surface area contributed by atoms with E-state index in [4.69, 9.17) is 14.2 Å². The molecule has 1 aliphatic carbocycles. The monoisotopic (exact) mass is 617 g/mol. The second-order valence-corrected chi connectivity index (χ2v) is 10.3. The molecule has 0 aliphatic heterocycles. The number of thiophene rings is 1. The van der Waals surface area contributed by atoms with E-state index < -0.39 is 17.8 Å². The number of carbonyl (C=O) groups is 3. The van der Waals surface area contributed by atoms with Gasteiger partial charge in [-0.3, -0.25) is 9.59 Å². The van der Waals surface area contributed by atoms with Crippen LogP contribution >= 0.6 is 27.3 Å². The summed E-state index contributed by atoms with van der Waals surface area (Å²) < 4.78 is 30.7. The van der Waals surface area contributed by atoms with Gasteiger partial charge in [-0.25, -0.2) is 14.6 Å². The van der Waals surface area contributed by atoms with Crippen molar-refractivity contribution in [1.82, 2.24) is 5.43 Å². The number of nitrogens with zero attached hydrogens (tertiary/aromatic N) is 1. The molecule has 9 nitrogen and oxygen atoms in total. The van der Waals surface area contributed by atoms with Crippen LogP contribution in [-0.2, 0) is 33.8 Å². The number of halogens is 2. The number of methoxy groups -OCH3 is 1. The number of hydrazone groups is 1. The van der Waals surface area contributed by atoms with Gasteiger partial charge < -0.3 is 19.5 Å². The molecule has 12 heteroatoms. The van der Waals surface area contributed by atoms with E-state index in [-0.39, 0.29) is 19.0 Å². The van der Waals surface area contributed by atoms with Crippen molar-refractivity contribution in [1.29, 1.82) is 0 Å². The molecular weight excluding hydrogens is 593 g/mol. The zero-order valence-corrected chi connectivity index (χ0v) is 23.5. The van der Waals surface area contributed by atoms with Gasteiger partial charge in [0.25, 0.3) is 0 Å². The molecule has 3 aromatic rings. The Morgan fingerprint density at radius 1 is 1.18 bits per heavy atom. The van der Waals surface area contributed by atoms with Crippen LogP contribution in [0.15, 0.2) is 46.0 Å². The second-order valence-electron chi connectivity index (χ2n) is 8.35. The van der Waals surface area contributed by atoms with Crippen molar-refractivity contribution in [2.45, 2.75) is 32.8 Å². The van der Waals surface area contributed by atoms with Gasteiger partial charge >= 0.3 is 17.8 Å². The van der Waals surface area contributed by atoms with E-state index in [1.807, 2.05) is 0 Å². The number of fused-ring (bicyclic) bond motifs is 1. The lowest BCUT2D eigenvalue weighted by Crippen LogP contribution is -2.32. The molecule has 0 bridgehead atoms. The van der Waals surface area contributed by atoms with Crippen molar-refractivity contribution in [2.75, 3.05) is 19.0 Å². The molecule has 2 aromatic carbocycles. The molecule has 0 atom stereocenters. The van der Waals surface area contributed by atoms with Crippen molar-refractivity contribution in [3.63, 3.8) is 0 Å². The fraction of sp³-hybridized carbons (Fsp3) is 0.259. The molecule has 204 valence electrons. The molecule has 1 aliphatic rings. The fourth-order valence-corrected chi connectivity index (χ4v) is 5.85. The summed E-state index contributed by atoms with van der Waals surface area (Å²) in [6.45, 7) is 1.89. The first-order valence-corrected chi connectivity index (χ1v) is 13.6. The quantitative estimate of drug-likeness (QED) is 0.151. The molecule has 1 heterocycles. The summed E-state index contributed by atoms with van der Waals surface area (Å²) in [5.41, 5.74) is 4.27. The van der Waals surface area contributed by atoms with Crippen LogP contribution in [-0.4, -0.2) is 37.7 Å². The Labute approximate surface area is 236 Å². The lowest BCUT2D eigenvalue weighted by atomic mass is 10.1. The topological polar surface area (TPSA) is 115 Å². The van der Waals surface area contributed by atoms with E-state index in [9.17, 15) is 18.8 Å². The number of rotatable bonds is 9. The number of hydrogen-bond donors (Lipinski definition) is 2. The number of ether oxygens (including phenoxy) is 3. The average molecular weight is 618 g/mol. The van der Waals surface area contributed by atoms with Gasteiger partial charge in [-0.2, -0.15) is 5.10 Å². The largest absolute Gasteiger partial charge is 0.493 e. The van der Waals surface area contributed by atoms with Crippen LogP contribution in [0.3, 0.4) is 0 Å². The third-order valence-corrected chi connectivity index (χ3v) is 7.59. The summed E-state index contributed by atoms with van der Waals surface area (Å²) >= 11 is 4.69. The lowest BCUT2D eigenvalue weighted by Gasteiger charge is -2.14. The number of carbonyl (C=O) groups excluding carboxylic acids is 3. The van der Waals surface area contributed by atoms with Gasteiger partial charge in [0.2, 0.25) is 0 Å². The second kappa shape index (κ2) is 12.9. The molecule has 0 saturated carbocycles. The van der Waals surface area contributed by atoms with E-state index in [1.165, 1.54) is 30.7 Å². The van der Waals surface area contributed by atoms with Crippen molar-refractivity contribution >= 4 is 56.3 Å². The summed E-state index contributed by atoms with van der Waals surface area (Å²) in [6.07, 6.45) is 3.78. The number of hydrogen-bond acceptors (Lipinski definition) is 8. The molecule has 0 saturated heterocycles. The first-order valence-electron chi connectivity index (χ1n) is 12.0. The number of aryl methyl sites for hydroxylation is 1. The summed E-state index contributed by atoms with van der Waals surface area (Å²) in [4.78, 5) is 38.4. The summed E-state index contributed by atoms with van der Waals surface area (Å²) in [5, 5.41) is 6.66. The fourth-order valence-electron chi connectivity index (χ4n) is 4.01. The molecule has 2 N–H and O–H groups in total. The first-order chi connectivity index (χ1) is 18.8. The van der Waals surface area contributed by atoms with Crippen LogP contribution in [0.1, 0.15) is 45.3 Å². The van der Waals surface area contributed by atoms with Gasteiger partial charge in [-0.15, -0.1) is 11.3 Å². The molecule has 0 unspecified atom stereocenters. The maximum atomic E-state index is 13.9. The van der Waals surface area contributed by atoms with E-state index >= 15 is 0 Å². The highest BCUT2D eigenvalue weighted by Crippen LogP contribution is 2.40. The summed E-state index contributed by atoms with van der Waals surface area (Å²) in [7, 11) is 1.45. The molecule has 0 spiro atoms. The van der Waals surface area contributed by atoms with Gasteiger partial charge in [0.15, 0.2) is 11.5 Å². The van der Waals surface area contributed by atoms with Crippen molar-refractivity contribution < 1.29 is 33.0 Å². The number of anilines is 1. The highest BCUT2D eigenvalue weighted by atomic mass is 79.9. The van der Waals surface area contributed by atoms with Gasteiger partial charge in [0.1, 0.15) is 17.4 Å². The molecule has 1 aromatic heterocycles. The summed E-state index contributed by atoms with van der Waals surface area (Å²) in [5.74, 6) is -2.16. The third kappa shape index (κ3) is 6.63. The van der Waals surface area contributed by atoms with E-state index in [1.54, 1.807) is 37.3 Å². The molecule has 0 fully saturated rings. The van der Waals surface area contributed by atoms with Crippen LogP contribution in [0.2, 0.25) is 0 Å². The number of esters is 1. The third-order valence-electron chi connectivity index (χ3n) is 5.80. The Morgan fingerprint density at radius 2 is 1.97 bits per heavy atom. The summed E-state index contributed by atoms with van der Waals surface area (Å²) in [6, 6.07) is 9.56. The van der Waals surface area contributed by atoms with Crippen LogP contribution in [0.5, 0.6) is 11.5 Å². The number of amides is 2. The molecule has 0 radical (unpaired) electrons. The maximum absolute atomic E-state index is 13.9. The minimum atomic E-state index is -1.01. The number of nitrogens with one attached hydrogen (secondary N) is 2. The maximum Gasteiger partial charge on any atom is 0.341 e. The van der Waals surface area contributed by atoms with Crippen LogP contribution in [0, 0.1) is 5.82 Å². The van der Waals surface area contributed by atoms with E-state index in [2.05, 4.69) is 31.8 Å². The molecule has 39 heavy (non-hydrogen) atoms. The zero-order chi connectivity index (χ0) is 27.9.